The Balaban J connectivity index is 2.31. The van der Waals surface area contributed by atoms with E-state index in [-0.39, 0.29) is 30.2 Å². The van der Waals surface area contributed by atoms with E-state index in [1.165, 1.54) is 0 Å². The number of aromatic nitrogens is 1. The number of amides is 1. The molecular formula is C15H17ClN2O2. The number of aliphatic hydroxyl groups excluding tert-OH is 1. The lowest BCUT2D eigenvalue weighted by Crippen LogP contribution is -2.41. The van der Waals surface area contributed by atoms with Gasteiger partial charge in [-0.1, -0.05) is 43.6 Å². The van der Waals surface area contributed by atoms with Gasteiger partial charge >= 0.3 is 0 Å². The quantitative estimate of drug-likeness (QED) is 0.910. The van der Waals surface area contributed by atoms with Crippen molar-refractivity contribution < 1.29 is 9.90 Å². The van der Waals surface area contributed by atoms with Gasteiger partial charge in [-0.3, -0.25) is 4.79 Å². The molecule has 0 aliphatic rings. The Morgan fingerprint density at radius 3 is 2.75 bits per heavy atom. The first-order valence-electron chi connectivity index (χ1n) is 6.50. The molecule has 1 amide bonds. The average molecular weight is 293 g/mol. The summed E-state index contributed by atoms with van der Waals surface area (Å²) >= 11 is 6.17. The van der Waals surface area contributed by atoms with Crippen LogP contribution in [0, 0.1) is 5.92 Å². The number of benzene rings is 1. The van der Waals surface area contributed by atoms with Gasteiger partial charge in [0.15, 0.2) is 0 Å². The van der Waals surface area contributed by atoms with Crippen LogP contribution in [-0.2, 0) is 0 Å². The number of aliphatic hydroxyl groups is 1. The molecule has 2 aromatic rings. The molecule has 2 rings (SSSR count). The third kappa shape index (κ3) is 3.08. The van der Waals surface area contributed by atoms with Crippen LogP contribution in [0.25, 0.3) is 10.9 Å². The summed E-state index contributed by atoms with van der Waals surface area (Å²) in [5.74, 6) is -0.190. The number of hydrogen-bond acceptors (Lipinski definition) is 3. The first kappa shape index (κ1) is 14.8. The fourth-order valence-electron chi connectivity index (χ4n) is 1.91. The molecule has 0 unspecified atom stereocenters. The number of nitrogens with zero attached hydrogens (tertiary/aromatic N) is 1. The number of pyridine rings is 1. The molecule has 1 atom stereocenters. The molecule has 1 aromatic carbocycles. The van der Waals surface area contributed by atoms with Gasteiger partial charge in [0.1, 0.15) is 5.69 Å². The van der Waals surface area contributed by atoms with Crippen LogP contribution < -0.4 is 5.32 Å². The molecule has 5 heteroatoms. The molecule has 2 N–H and O–H groups in total. The van der Waals surface area contributed by atoms with E-state index in [9.17, 15) is 9.90 Å². The SMILES string of the molecule is CC(C)[C@@H](CO)NC(=O)c1cc(Cl)c2ccccc2n1. The molecule has 1 aromatic heterocycles. The Kier molecular flexibility index (Phi) is 4.57. The Morgan fingerprint density at radius 2 is 2.10 bits per heavy atom. The predicted octanol–water partition coefficient (Wildman–Crippen LogP) is 2.63. The third-order valence-corrected chi connectivity index (χ3v) is 3.53. The van der Waals surface area contributed by atoms with Crippen molar-refractivity contribution in [1.29, 1.82) is 0 Å². The molecule has 20 heavy (non-hydrogen) atoms. The summed E-state index contributed by atoms with van der Waals surface area (Å²) in [6.07, 6.45) is 0. The van der Waals surface area contributed by atoms with Crippen molar-refractivity contribution in [2.75, 3.05) is 6.61 Å². The predicted molar refractivity (Wildman–Crippen MR) is 79.9 cm³/mol. The van der Waals surface area contributed by atoms with Crippen molar-refractivity contribution in [3.8, 4) is 0 Å². The number of fused-ring (bicyclic) bond motifs is 1. The first-order valence-corrected chi connectivity index (χ1v) is 6.87. The van der Waals surface area contributed by atoms with Crippen LogP contribution >= 0.6 is 11.6 Å². The highest BCUT2D eigenvalue weighted by Crippen LogP contribution is 2.22. The normalized spacial score (nSPS) is 12.7. The van der Waals surface area contributed by atoms with Gasteiger partial charge in [-0.15, -0.1) is 0 Å². The molecule has 0 aliphatic carbocycles. The summed E-state index contributed by atoms with van der Waals surface area (Å²) < 4.78 is 0. The highest BCUT2D eigenvalue weighted by molar-refractivity contribution is 6.35. The second kappa shape index (κ2) is 6.20. The molecule has 0 saturated heterocycles. The van der Waals surface area contributed by atoms with Crippen LogP contribution in [0.2, 0.25) is 5.02 Å². The van der Waals surface area contributed by atoms with Gasteiger partial charge in [0.25, 0.3) is 5.91 Å². The summed E-state index contributed by atoms with van der Waals surface area (Å²) in [6, 6.07) is 8.64. The Labute approximate surface area is 122 Å². The van der Waals surface area contributed by atoms with Crippen LogP contribution in [0.15, 0.2) is 30.3 Å². The highest BCUT2D eigenvalue weighted by Gasteiger charge is 2.18. The first-order chi connectivity index (χ1) is 9.52. The van der Waals surface area contributed by atoms with E-state index >= 15 is 0 Å². The number of carbonyl (C=O) groups excluding carboxylic acids is 1. The minimum atomic E-state index is -0.328. The van der Waals surface area contributed by atoms with Crippen LogP contribution in [0.1, 0.15) is 24.3 Å². The Hall–Kier alpha value is -1.65. The molecule has 106 valence electrons. The zero-order valence-corrected chi connectivity index (χ0v) is 12.2. The van der Waals surface area contributed by atoms with E-state index in [0.717, 1.165) is 5.39 Å². The van der Waals surface area contributed by atoms with Gasteiger partial charge in [-0.2, -0.15) is 0 Å². The maximum Gasteiger partial charge on any atom is 0.270 e. The molecule has 0 saturated carbocycles. The molecule has 1 heterocycles. The molecule has 0 radical (unpaired) electrons. The largest absolute Gasteiger partial charge is 0.394 e. The number of nitrogens with one attached hydrogen (secondary N) is 1. The molecule has 0 spiro atoms. The fourth-order valence-corrected chi connectivity index (χ4v) is 2.18. The molecular weight excluding hydrogens is 276 g/mol. The molecule has 4 nitrogen and oxygen atoms in total. The third-order valence-electron chi connectivity index (χ3n) is 3.22. The maximum atomic E-state index is 12.2. The van der Waals surface area contributed by atoms with Crippen LogP contribution in [0.3, 0.4) is 0 Å². The zero-order valence-electron chi connectivity index (χ0n) is 11.4. The van der Waals surface area contributed by atoms with E-state index in [0.29, 0.717) is 10.5 Å². The van der Waals surface area contributed by atoms with E-state index in [4.69, 9.17) is 11.6 Å². The average Bonchev–Trinajstić information content (AvgIpc) is 2.44. The second-order valence-corrected chi connectivity index (χ2v) is 5.42. The summed E-state index contributed by atoms with van der Waals surface area (Å²) in [7, 11) is 0. The number of para-hydroxylation sites is 1. The van der Waals surface area contributed by atoms with E-state index in [2.05, 4.69) is 10.3 Å². The number of carbonyl (C=O) groups is 1. The van der Waals surface area contributed by atoms with Crippen molar-refractivity contribution in [3.63, 3.8) is 0 Å². The lowest BCUT2D eigenvalue weighted by Gasteiger charge is -2.19. The van der Waals surface area contributed by atoms with Gasteiger partial charge in [0.2, 0.25) is 0 Å². The van der Waals surface area contributed by atoms with Gasteiger partial charge in [0, 0.05) is 5.39 Å². The van der Waals surface area contributed by atoms with Crippen LogP contribution in [-0.4, -0.2) is 28.6 Å². The maximum absolute atomic E-state index is 12.2. The number of rotatable bonds is 4. The van der Waals surface area contributed by atoms with E-state index < -0.39 is 0 Å². The van der Waals surface area contributed by atoms with E-state index in [1.807, 2.05) is 38.1 Å². The lowest BCUT2D eigenvalue weighted by atomic mass is 10.1. The van der Waals surface area contributed by atoms with Crippen molar-refractivity contribution in [3.05, 3.63) is 41.0 Å². The van der Waals surface area contributed by atoms with Crippen molar-refractivity contribution in [1.82, 2.24) is 10.3 Å². The number of halogens is 1. The summed E-state index contributed by atoms with van der Waals surface area (Å²) in [5, 5.41) is 13.3. The second-order valence-electron chi connectivity index (χ2n) is 5.01. The highest BCUT2D eigenvalue weighted by atomic mass is 35.5. The van der Waals surface area contributed by atoms with Crippen molar-refractivity contribution in [2.45, 2.75) is 19.9 Å². The van der Waals surface area contributed by atoms with Crippen molar-refractivity contribution in [2.24, 2.45) is 5.92 Å². The zero-order chi connectivity index (χ0) is 14.7. The minimum Gasteiger partial charge on any atom is -0.394 e. The van der Waals surface area contributed by atoms with Crippen molar-refractivity contribution >= 4 is 28.4 Å². The van der Waals surface area contributed by atoms with Crippen LogP contribution in [0.5, 0.6) is 0 Å². The fraction of sp³-hybridized carbons (Fsp3) is 0.333. The molecule has 0 aliphatic heterocycles. The van der Waals surface area contributed by atoms with Gasteiger partial charge in [0.05, 0.1) is 23.2 Å². The van der Waals surface area contributed by atoms with Gasteiger partial charge < -0.3 is 10.4 Å². The lowest BCUT2D eigenvalue weighted by molar-refractivity contribution is 0.0892. The topological polar surface area (TPSA) is 62.2 Å². The van der Waals surface area contributed by atoms with Crippen LogP contribution in [0.4, 0.5) is 0 Å². The van der Waals surface area contributed by atoms with E-state index in [1.54, 1.807) is 6.07 Å². The summed E-state index contributed by atoms with van der Waals surface area (Å²) in [6.45, 7) is 3.76. The van der Waals surface area contributed by atoms with Gasteiger partial charge in [-0.25, -0.2) is 4.98 Å². The van der Waals surface area contributed by atoms with Gasteiger partial charge in [-0.05, 0) is 18.1 Å². The Bertz CT molecular complexity index is 628. The summed E-state index contributed by atoms with van der Waals surface area (Å²) in [4.78, 5) is 16.5. The minimum absolute atomic E-state index is 0.106. The molecule has 0 bridgehead atoms. The summed E-state index contributed by atoms with van der Waals surface area (Å²) in [5.41, 5.74) is 0.933. The monoisotopic (exact) mass is 292 g/mol. The smallest absolute Gasteiger partial charge is 0.270 e. The molecule has 0 fully saturated rings. The standard InChI is InChI=1S/C15H17ClN2O2/c1-9(2)14(8-19)18-15(20)13-7-11(16)10-5-3-4-6-12(10)17-13/h3-7,9,14,19H,8H2,1-2H3,(H,18,20)/t14-/m1/s1. The Morgan fingerprint density at radius 1 is 1.40 bits per heavy atom. The number of hydrogen-bond donors (Lipinski definition) is 2.